The fourth-order valence-electron chi connectivity index (χ4n) is 4.87. The summed E-state index contributed by atoms with van der Waals surface area (Å²) in [4.78, 5) is 32.3. The lowest BCUT2D eigenvalue weighted by Gasteiger charge is -2.24. The van der Waals surface area contributed by atoms with E-state index in [-0.39, 0.29) is 12.0 Å². The summed E-state index contributed by atoms with van der Waals surface area (Å²) in [5, 5.41) is 7.55. The fraction of sp³-hybridized carbons (Fsp3) is 0.455. The number of benzene rings is 1. The molecule has 0 saturated carbocycles. The van der Waals surface area contributed by atoms with Crippen LogP contribution in [0, 0.1) is 6.92 Å². The topological polar surface area (TPSA) is 82.2 Å². The maximum Gasteiger partial charge on any atom is 0.332 e. The molecule has 0 amide bonds. The largest absolute Gasteiger partial charge is 0.496 e. The first-order valence-corrected chi connectivity index (χ1v) is 11.3. The van der Waals surface area contributed by atoms with Crippen LogP contribution in [0.3, 0.4) is 0 Å². The molecule has 2 aliphatic heterocycles. The lowest BCUT2D eigenvalue weighted by molar-refractivity contribution is 0.292. The molecule has 0 unspecified atom stereocenters. The van der Waals surface area contributed by atoms with Crippen LogP contribution in [0.2, 0.25) is 0 Å². The zero-order valence-corrected chi connectivity index (χ0v) is 18.5. The van der Waals surface area contributed by atoms with Crippen molar-refractivity contribution in [1.82, 2.24) is 24.2 Å². The SMILES string of the molecule is COc1ccccc1CN1CC[C@@]2(CCn3c2nn(Cc2csc(C)n2)c(=O)c3=O)C1. The summed E-state index contributed by atoms with van der Waals surface area (Å²) in [7, 11) is 1.69. The number of nitrogens with zero attached hydrogens (tertiary/aromatic N) is 5. The molecule has 1 aromatic carbocycles. The molecule has 0 radical (unpaired) electrons. The van der Waals surface area contributed by atoms with Gasteiger partial charge in [-0.2, -0.15) is 5.10 Å². The molecule has 2 aliphatic rings. The second-order valence-electron chi connectivity index (χ2n) is 8.40. The van der Waals surface area contributed by atoms with Crippen LogP contribution in [0.1, 0.15) is 34.9 Å². The third-order valence-electron chi connectivity index (χ3n) is 6.42. The molecule has 2 aromatic heterocycles. The van der Waals surface area contributed by atoms with E-state index in [0.29, 0.717) is 6.54 Å². The van der Waals surface area contributed by atoms with Crippen molar-refractivity contribution in [3.63, 3.8) is 0 Å². The highest BCUT2D eigenvalue weighted by Crippen LogP contribution is 2.41. The lowest BCUT2D eigenvalue weighted by Crippen LogP contribution is -2.45. The van der Waals surface area contributed by atoms with Crippen molar-refractivity contribution in [2.24, 2.45) is 0 Å². The minimum absolute atomic E-state index is 0.200. The Labute approximate surface area is 183 Å². The van der Waals surface area contributed by atoms with Gasteiger partial charge in [0.15, 0.2) is 0 Å². The minimum Gasteiger partial charge on any atom is -0.496 e. The fourth-order valence-corrected chi connectivity index (χ4v) is 5.47. The average molecular weight is 440 g/mol. The Kier molecular flexibility index (Phi) is 5.02. The van der Waals surface area contributed by atoms with Gasteiger partial charge in [-0.15, -0.1) is 11.3 Å². The number of methoxy groups -OCH3 is 1. The number of hydrogen-bond donors (Lipinski definition) is 0. The van der Waals surface area contributed by atoms with Gasteiger partial charge in [0.05, 0.1) is 24.4 Å². The molecule has 1 saturated heterocycles. The second kappa shape index (κ2) is 7.72. The molecule has 1 fully saturated rings. The van der Waals surface area contributed by atoms with Crippen LogP contribution in [0.15, 0.2) is 39.2 Å². The highest BCUT2D eigenvalue weighted by molar-refractivity contribution is 7.09. The number of hydrogen-bond acceptors (Lipinski definition) is 7. The Bertz CT molecular complexity index is 1250. The van der Waals surface area contributed by atoms with Gasteiger partial charge in [-0.05, 0) is 32.4 Å². The van der Waals surface area contributed by atoms with Gasteiger partial charge in [-0.25, -0.2) is 9.67 Å². The zero-order valence-electron chi connectivity index (χ0n) is 17.7. The van der Waals surface area contributed by atoms with E-state index in [2.05, 4.69) is 16.0 Å². The molecular weight excluding hydrogens is 414 g/mol. The second-order valence-corrected chi connectivity index (χ2v) is 9.47. The van der Waals surface area contributed by atoms with Gasteiger partial charge in [0, 0.05) is 36.0 Å². The Hall–Kier alpha value is -2.78. The van der Waals surface area contributed by atoms with Crippen LogP contribution in [-0.2, 0) is 25.0 Å². The monoisotopic (exact) mass is 439 g/mol. The quantitative estimate of drug-likeness (QED) is 0.564. The number of ether oxygens (including phenoxy) is 1. The molecule has 5 rings (SSSR count). The molecular formula is C22H25N5O3S. The van der Waals surface area contributed by atoms with E-state index >= 15 is 0 Å². The molecule has 0 bridgehead atoms. The van der Waals surface area contributed by atoms with Gasteiger partial charge >= 0.3 is 11.1 Å². The molecule has 9 heteroatoms. The highest BCUT2D eigenvalue weighted by atomic mass is 32.1. The summed E-state index contributed by atoms with van der Waals surface area (Å²) in [6.07, 6.45) is 1.75. The average Bonchev–Trinajstić information content (AvgIpc) is 3.47. The smallest absolute Gasteiger partial charge is 0.332 e. The van der Waals surface area contributed by atoms with Crippen LogP contribution in [0.4, 0.5) is 0 Å². The number of aryl methyl sites for hydroxylation is 1. The maximum absolute atomic E-state index is 12.8. The summed E-state index contributed by atoms with van der Waals surface area (Å²) < 4.78 is 8.40. The summed E-state index contributed by atoms with van der Waals surface area (Å²) in [5.41, 5.74) is 0.661. The van der Waals surface area contributed by atoms with Crippen molar-refractivity contribution < 1.29 is 4.74 Å². The van der Waals surface area contributed by atoms with Crippen LogP contribution >= 0.6 is 11.3 Å². The van der Waals surface area contributed by atoms with Crippen LogP contribution < -0.4 is 15.9 Å². The van der Waals surface area contributed by atoms with Crippen molar-refractivity contribution in [2.75, 3.05) is 20.2 Å². The summed E-state index contributed by atoms with van der Waals surface area (Å²) in [6.45, 7) is 5.21. The summed E-state index contributed by atoms with van der Waals surface area (Å²) >= 11 is 1.53. The Morgan fingerprint density at radius 3 is 2.71 bits per heavy atom. The molecule has 0 aliphatic carbocycles. The van der Waals surface area contributed by atoms with Gasteiger partial charge in [-0.3, -0.25) is 19.1 Å². The first-order valence-electron chi connectivity index (χ1n) is 10.5. The van der Waals surface area contributed by atoms with Crippen molar-refractivity contribution in [3.05, 3.63) is 72.4 Å². The maximum atomic E-state index is 12.8. The number of likely N-dealkylation sites (tertiary alicyclic amines) is 1. The van der Waals surface area contributed by atoms with E-state index < -0.39 is 11.1 Å². The number of rotatable bonds is 5. The Balaban J connectivity index is 1.44. The number of thiazole rings is 1. The van der Waals surface area contributed by atoms with E-state index in [1.165, 1.54) is 16.0 Å². The van der Waals surface area contributed by atoms with E-state index in [0.717, 1.165) is 60.3 Å². The van der Waals surface area contributed by atoms with Crippen molar-refractivity contribution in [2.45, 2.75) is 44.8 Å². The Morgan fingerprint density at radius 2 is 1.94 bits per heavy atom. The Morgan fingerprint density at radius 1 is 1.13 bits per heavy atom. The van der Waals surface area contributed by atoms with E-state index in [1.54, 1.807) is 11.7 Å². The highest BCUT2D eigenvalue weighted by Gasteiger charge is 2.47. The number of para-hydroxylation sites is 1. The van der Waals surface area contributed by atoms with Crippen LogP contribution in [0.5, 0.6) is 5.75 Å². The number of fused-ring (bicyclic) bond motifs is 2. The van der Waals surface area contributed by atoms with Crippen LogP contribution in [-0.4, -0.2) is 44.4 Å². The summed E-state index contributed by atoms with van der Waals surface area (Å²) in [6, 6.07) is 8.06. The van der Waals surface area contributed by atoms with Gasteiger partial charge in [0.2, 0.25) is 0 Å². The minimum atomic E-state index is -0.574. The third-order valence-corrected chi connectivity index (χ3v) is 7.24. The molecule has 1 spiro atoms. The molecule has 0 N–H and O–H groups in total. The summed E-state index contributed by atoms with van der Waals surface area (Å²) in [5.74, 6) is 1.63. The molecule has 1 atom stereocenters. The van der Waals surface area contributed by atoms with Crippen molar-refractivity contribution in [1.29, 1.82) is 0 Å². The molecule has 162 valence electrons. The normalized spacial score (nSPS) is 20.5. The van der Waals surface area contributed by atoms with E-state index in [1.807, 2.05) is 30.5 Å². The van der Waals surface area contributed by atoms with Crippen molar-refractivity contribution >= 4 is 11.3 Å². The van der Waals surface area contributed by atoms with E-state index in [9.17, 15) is 9.59 Å². The lowest BCUT2D eigenvalue weighted by atomic mass is 9.85. The molecule has 8 nitrogen and oxygen atoms in total. The predicted octanol–water partition coefficient (Wildman–Crippen LogP) is 1.77. The molecule has 3 aromatic rings. The standard InChI is InChI=1S/C22H25N5O3S/c1-15-23-17(13-31-15)12-27-20(29)19(28)26-10-8-22(21(26)24-27)7-9-25(14-22)11-16-5-3-4-6-18(16)30-2/h3-6,13H,7-12,14H2,1-2H3/t22-/m1/s1. The zero-order chi connectivity index (χ0) is 21.6. The molecule has 31 heavy (non-hydrogen) atoms. The van der Waals surface area contributed by atoms with Crippen molar-refractivity contribution in [3.8, 4) is 5.75 Å². The first kappa shape index (κ1) is 20.1. The van der Waals surface area contributed by atoms with Gasteiger partial charge < -0.3 is 4.74 Å². The number of aromatic nitrogens is 4. The molecule has 4 heterocycles. The van der Waals surface area contributed by atoms with Gasteiger partial charge in [0.1, 0.15) is 11.6 Å². The first-order chi connectivity index (χ1) is 15.0. The van der Waals surface area contributed by atoms with Gasteiger partial charge in [-0.1, -0.05) is 18.2 Å². The third kappa shape index (κ3) is 3.51. The van der Waals surface area contributed by atoms with Gasteiger partial charge in [0.25, 0.3) is 0 Å². The van der Waals surface area contributed by atoms with E-state index in [4.69, 9.17) is 9.84 Å². The predicted molar refractivity (Wildman–Crippen MR) is 118 cm³/mol. The van der Waals surface area contributed by atoms with Crippen LogP contribution in [0.25, 0.3) is 0 Å².